The lowest BCUT2D eigenvalue weighted by Gasteiger charge is -2.06. The Kier molecular flexibility index (Phi) is 3.38. The van der Waals surface area contributed by atoms with Crippen LogP contribution in [0.2, 0.25) is 0 Å². The molecular weight excluding hydrogens is 210 g/mol. The highest BCUT2D eigenvalue weighted by Crippen LogP contribution is 2.13. The van der Waals surface area contributed by atoms with E-state index in [1.54, 1.807) is 0 Å². The molecular formula is C14H17N3. The van der Waals surface area contributed by atoms with Crippen molar-refractivity contribution in [3.05, 3.63) is 53.0 Å². The minimum Gasteiger partial charge on any atom is -0.384 e. The number of pyridine rings is 2. The number of aromatic nitrogens is 2. The van der Waals surface area contributed by atoms with Gasteiger partial charge in [0.05, 0.1) is 0 Å². The molecule has 0 saturated carbocycles. The van der Waals surface area contributed by atoms with E-state index in [0.717, 1.165) is 24.2 Å². The second kappa shape index (κ2) is 4.95. The third-order valence-corrected chi connectivity index (χ3v) is 2.88. The molecule has 2 heterocycles. The Balaban J connectivity index is 2.19. The number of hydrogen-bond acceptors (Lipinski definition) is 3. The molecule has 0 fully saturated rings. The number of anilines is 1. The van der Waals surface area contributed by atoms with E-state index in [0.29, 0.717) is 5.82 Å². The Morgan fingerprint density at radius 1 is 1.18 bits per heavy atom. The van der Waals surface area contributed by atoms with Crippen molar-refractivity contribution in [2.24, 2.45) is 0 Å². The first-order valence-electron chi connectivity index (χ1n) is 5.85. The van der Waals surface area contributed by atoms with E-state index in [4.69, 9.17) is 5.73 Å². The molecule has 0 saturated heterocycles. The summed E-state index contributed by atoms with van der Waals surface area (Å²) in [7, 11) is 0. The second-order valence-corrected chi connectivity index (χ2v) is 4.17. The van der Waals surface area contributed by atoms with Gasteiger partial charge in [-0.2, -0.15) is 0 Å². The van der Waals surface area contributed by atoms with Crippen LogP contribution in [-0.2, 0) is 12.8 Å². The lowest BCUT2D eigenvalue weighted by atomic mass is 10.1. The molecule has 88 valence electrons. The largest absolute Gasteiger partial charge is 0.384 e. The van der Waals surface area contributed by atoms with Crippen LogP contribution in [0.3, 0.4) is 0 Å². The third kappa shape index (κ3) is 2.81. The normalized spacial score (nSPS) is 10.5. The molecule has 0 aliphatic heterocycles. The molecule has 2 N–H and O–H groups in total. The summed E-state index contributed by atoms with van der Waals surface area (Å²) in [4.78, 5) is 8.70. The zero-order valence-electron chi connectivity index (χ0n) is 10.3. The topological polar surface area (TPSA) is 51.8 Å². The summed E-state index contributed by atoms with van der Waals surface area (Å²) < 4.78 is 0. The smallest absolute Gasteiger partial charge is 0.123 e. The highest BCUT2D eigenvalue weighted by molar-refractivity contribution is 5.35. The molecule has 17 heavy (non-hydrogen) atoms. The predicted octanol–water partition coefficient (Wildman–Crippen LogP) is 2.52. The average Bonchev–Trinajstić information content (AvgIpc) is 2.34. The predicted molar refractivity (Wildman–Crippen MR) is 69.8 cm³/mol. The van der Waals surface area contributed by atoms with Crippen molar-refractivity contribution in [2.75, 3.05) is 5.73 Å². The first-order chi connectivity index (χ1) is 8.19. The molecule has 0 unspecified atom stereocenters. The van der Waals surface area contributed by atoms with Gasteiger partial charge in [-0.05, 0) is 36.6 Å². The minimum absolute atomic E-state index is 0.570. The monoisotopic (exact) mass is 227 g/mol. The van der Waals surface area contributed by atoms with Crippen LogP contribution in [0.4, 0.5) is 5.82 Å². The van der Waals surface area contributed by atoms with Crippen molar-refractivity contribution in [1.29, 1.82) is 0 Å². The Bertz CT molecular complexity index is 503. The van der Waals surface area contributed by atoms with Gasteiger partial charge in [0.1, 0.15) is 5.82 Å². The van der Waals surface area contributed by atoms with Gasteiger partial charge in [0, 0.05) is 24.0 Å². The van der Waals surface area contributed by atoms with Crippen molar-refractivity contribution >= 4 is 5.82 Å². The maximum Gasteiger partial charge on any atom is 0.123 e. The van der Waals surface area contributed by atoms with E-state index in [1.165, 1.54) is 11.1 Å². The van der Waals surface area contributed by atoms with E-state index in [2.05, 4.69) is 29.0 Å². The average molecular weight is 227 g/mol. The molecule has 0 bridgehead atoms. The maximum absolute atomic E-state index is 5.63. The summed E-state index contributed by atoms with van der Waals surface area (Å²) >= 11 is 0. The van der Waals surface area contributed by atoms with E-state index >= 15 is 0 Å². The van der Waals surface area contributed by atoms with Crippen LogP contribution < -0.4 is 5.73 Å². The fourth-order valence-corrected chi connectivity index (χ4v) is 1.76. The van der Waals surface area contributed by atoms with Gasteiger partial charge in [0.2, 0.25) is 0 Å². The van der Waals surface area contributed by atoms with Crippen LogP contribution in [0.15, 0.2) is 30.5 Å². The molecule has 2 aromatic heterocycles. The number of nitrogens with two attached hydrogens (primary N) is 1. The molecule has 0 aliphatic carbocycles. The van der Waals surface area contributed by atoms with Crippen molar-refractivity contribution in [1.82, 2.24) is 9.97 Å². The maximum atomic E-state index is 5.63. The van der Waals surface area contributed by atoms with Crippen LogP contribution >= 0.6 is 0 Å². The van der Waals surface area contributed by atoms with E-state index in [-0.39, 0.29) is 0 Å². The van der Waals surface area contributed by atoms with Gasteiger partial charge < -0.3 is 5.73 Å². The summed E-state index contributed by atoms with van der Waals surface area (Å²) in [6.45, 7) is 4.11. The number of nitrogens with zero attached hydrogens (tertiary/aromatic N) is 2. The third-order valence-electron chi connectivity index (χ3n) is 2.88. The standard InChI is InChI=1S/C14H17N3/c1-3-11-4-6-13(16-9-11)8-12-5-7-14(15)17-10(12)2/h4-7,9H,3,8H2,1-2H3,(H2,15,17). The molecule has 2 aromatic rings. The first kappa shape index (κ1) is 11.6. The summed E-state index contributed by atoms with van der Waals surface area (Å²) in [5.74, 6) is 0.570. The second-order valence-electron chi connectivity index (χ2n) is 4.17. The summed E-state index contributed by atoms with van der Waals surface area (Å²) in [5.41, 5.74) is 10.1. The Morgan fingerprint density at radius 3 is 2.59 bits per heavy atom. The van der Waals surface area contributed by atoms with Crippen LogP contribution in [0.1, 0.15) is 29.4 Å². The van der Waals surface area contributed by atoms with Crippen LogP contribution in [0.5, 0.6) is 0 Å². The number of rotatable bonds is 3. The summed E-state index contributed by atoms with van der Waals surface area (Å²) in [6, 6.07) is 8.06. The molecule has 0 aliphatic rings. The van der Waals surface area contributed by atoms with Crippen molar-refractivity contribution in [3.63, 3.8) is 0 Å². The van der Waals surface area contributed by atoms with Gasteiger partial charge >= 0.3 is 0 Å². The van der Waals surface area contributed by atoms with Gasteiger partial charge in [-0.3, -0.25) is 4.98 Å². The Hall–Kier alpha value is -1.90. The number of nitrogen functional groups attached to an aromatic ring is 1. The highest BCUT2D eigenvalue weighted by atomic mass is 14.8. The molecule has 0 aromatic carbocycles. The lowest BCUT2D eigenvalue weighted by molar-refractivity contribution is 1.00. The molecule has 0 radical (unpaired) electrons. The van der Waals surface area contributed by atoms with Gasteiger partial charge in [0.25, 0.3) is 0 Å². The first-order valence-corrected chi connectivity index (χ1v) is 5.85. The molecule has 0 atom stereocenters. The SMILES string of the molecule is CCc1ccc(Cc2ccc(N)nc2C)nc1. The van der Waals surface area contributed by atoms with Gasteiger partial charge in [0.15, 0.2) is 0 Å². The van der Waals surface area contributed by atoms with Crippen LogP contribution in [0, 0.1) is 6.92 Å². The van der Waals surface area contributed by atoms with E-state index in [9.17, 15) is 0 Å². The molecule has 0 spiro atoms. The van der Waals surface area contributed by atoms with Gasteiger partial charge in [-0.25, -0.2) is 4.98 Å². The number of aryl methyl sites for hydroxylation is 2. The quantitative estimate of drug-likeness (QED) is 0.876. The van der Waals surface area contributed by atoms with Gasteiger partial charge in [-0.1, -0.05) is 19.1 Å². The Morgan fingerprint density at radius 2 is 2.00 bits per heavy atom. The zero-order chi connectivity index (χ0) is 12.3. The molecule has 3 heteroatoms. The summed E-state index contributed by atoms with van der Waals surface area (Å²) in [5, 5.41) is 0. The molecule has 2 rings (SSSR count). The minimum atomic E-state index is 0.570. The van der Waals surface area contributed by atoms with E-state index < -0.39 is 0 Å². The van der Waals surface area contributed by atoms with Crippen LogP contribution in [-0.4, -0.2) is 9.97 Å². The highest BCUT2D eigenvalue weighted by Gasteiger charge is 2.03. The summed E-state index contributed by atoms with van der Waals surface area (Å²) in [6.07, 6.45) is 3.77. The molecule has 0 amide bonds. The fraction of sp³-hybridized carbons (Fsp3) is 0.286. The zero-order valence-corrected chi connectivity index (χ0v) is 10.3. The Labute approximate surface area is 102 Å². The number of hydrogen-bond donors (Lipinski definition) is 1. The fourth-order valence-electron chi connectivity index (χ4n) is 1.76. The van der Waals surface area contributed by atoms with Crippen LogP contribution in [0.25, 0.3) is 0 Å². The van der Waals surface area contributed by atoms with Crippen molar-refractivity contribution in [3.8, 4) is 0 Å². The van der Waals surface area contributed by atoms with Gasteiger partial charge in [-0.15, -0.1) is 0 Å². The van der Waals surface area contributed by atoms with Crippen molar-refractivity contribution < 1.29 is 0 Å². The van der Waals surface area contributed by atoms with Crippen molar-refractivity contribution in [2.45, 2.75) is 26.7 Å². The lowest BCUT2D eigenvalue weighted by Crippen LogP contribution is -1.99. The molecule has 3 nitrogen and oxygen atoms in total. The van der Waals surface area contributed by atoms with E-state index in [1.807, 2.05) is 25.3 Å².